The van der Waals surface area contributed by atoms with E-state index < -0.39 is 22.0 Å². The van der Waals surface area contributed by atoms with Crippen molar-refractivity contribution in [2.75, 3.05) is 19.6 Å². The van der Waals surface area contributed by atoms with Crippen LogP contribution >= 0.6 is 0 Å². The molecule has 0 radical (unpaired) electrons. The molecule has 3 rings (SSSR count). The van der Waals surface area contributed by atoms with E-state index in [0.717, 1.165) is 12.8 Å². The lowest BCUT2D eigenvalue weighted by Crippen LogP contribution is -2.40. The Balaban J connectivity index is 1.78. The Bertz CT molecular complexity index is 790. The lowest BCUT2D eigenvalue weighted by atomic mass is 10.0. The maximum Gasteiger partial charge on any atom is 0.326 e. The van der Waals surface area contributed by atoms with Crippen LogP contribution in [0.1, 0.15) is 43.0 Å². The minimum absolute atomic E-state index is 0.166. The van der Waals surface area contributed by atoms with Gasteiger partial charge in [0.2, 0.25) is 10.0 Å². The number of carbonyl (C=O) groups is 2. The Morgan fingerprint density at radius 1 is 1.08 bits per heavy atom. The van der Waals surface area contributed by atoms with Crippen LogP contribution in [0, 0.1) is 5.92 Å². The molecule has 2 aliphatic heterocycles. The Morgan fingerprint density at radius 2 is 1.73 bits per heavy atom. The van der Waals surface area contributed by atoms with Gasteiger partial charge in [-0.1, -0.05) is 6.92 Å². The number of nitrogens with zero attached hydrogens (tertiary/aromatic N) is 2. The second-order valence-corrected chi connectivity index (χ2v) is 9.07. The van der Waals surface area contributed by atoms with Crippen molar-refractivity contribution < 1.29 is 23.1 Å². The zero-order chi connectivity index (χ0) is 18.9. The van der Waals surface area contributed by atoms with Crippen molar-refractivity contribution in [3.8, 4) is 0 Å². The monoisotopic (exact) mass is 380 g/mol. The summed E-state index contributed by atoms with van der Waals surface area (Å²) >= 11 is 0. The number of amides is 1. The van der Waals surface area contributed by atoms with E-state index in [-0.39, 0.29) is 10.8 Å². The largest absolute Gasteiger partial charge is 0.480 e. The Morgan fingerprint density at radius 3 is 2.35 bits per heavy atom. The van der Waals surface area contributed by atoms with Gasteiger partial charge in [0.15, 0.2) is 0 Å². The quantitative estimate of drug-likeness (QED) is 0.859. The van der Waals surface area contributed by atoms with Crippen LogP contribution in [0.15, 0.2) is 29.2 Å². The van der Waals surface area contributed by atoms with Crippen molar-refractivity contribution in [3.63, 3.8) is 0 Å². The van der Waals surface area contributed by atoms with Crippen molar-refractivity contribution >= 4 is 21.9 Å². The predicted molar refractivity (Wildman–Crippen MR) is 95.3 cm³/mol. The number of likely N-dealkylation sites (tertiary alicyclic amines) is 1. The highest BCUT2D eigenvalue weighted by Gasteiger charge is 2.34. The van der Waals surface area contributed by atoms with E-state index in [0.29, 0.717) is 44.0 Å². The third-order valence-corrected chi connectivity index (χ3v) is 7.04. The van der Waals surface area contributed by atoms with Crippen LogP contribution in [0.3, 0.4) is 0 Å². The topological polar surface area (TPSA) is 95.0 Å². The zero-order valence-corrected chi connectivity index (χ0v) is 15.6. The van der Waals surface area contributed by atoms with Gasteiger partial charge in [-0.05, 0) is 55.9 Å². The number of carboxylic acid groups (broad SMARTS) is 1. The lowest BCUT2D eigenvalue weighted by Gasteiger charge is -2.30. The lowest BCUT2D eigenvalue weighted by molar-refractivity contribution is -0.141. The van der Waals surface area contributed by atoms with Crippen LogP contribution < -0.4 is 0 Å². The van der Waals surface area contributed by atoms with Crippen LogP contribution in [0.25, 0.3) is 0 Å². The summed E-state index contributed by atoms with van der Waals surface area (Å²) in [5, 5.41) is 9.22. The number of hydrogen-bond donors (Lipinski definition) is 1. The van der Waals surface area contributed by atoms with Gasteiger partial charge < -0.3 is 10.0 Å². The van der Waals surface area contributed by atoms with Crippen LogP contribution in [0.2, 0.25) is 0 Å². The molecule has 1 N–H and O–H groups in total. The second kappa shape index (κ2) is 7.36. The Hall–Kier alpha value is -1.93. The summed E-state index contributed by atoms with van der Waals surface area (Å²) in [5.74, 6) is -1.04. The molecule has 0 aromatic heterocycles. The highest BCUT2D eigenvalue weighted by atomic mass is 32.2. The van der Waals surface area contributed by atoms with Crippen LogP contribution in [0.4, 0.5) is 0 Å². The average Bonchev–Trinajstić information content (AvgIpc) is 3.11. The molecule has 2 aliphatic rings. The minimum Gasteiger partial charge on any atom is -0.480 e. The average molecular weight is 380 g/mol. The van der Waals surface area contributed by atoms with Crippen molar-refractivity contribution in [2.45, 2.75) is 43.5 Å². The van der Waals surface area contributed by atoms with Gasteiger partial charge in [-0.25, -0.2) is 13.2 Å². The summed E-state index contributed by atoms with van der Waals surface area (Å²) in [6.45, 7) is 3.47. The normalized spacial score (nSPS) is 24.6. The SMILES string of the molecule is CC1CCCN(S(=O)(=O)c2ccc(C(=O)N3CCC[C@@H]3C(=O)O)cc2)C1. The van der Waals surface area contributed by atoms with Gasteiger partial charge in [-0.15, -0.1) is 0 Å². The third-order valence-electron chi connectivity index (χ3n) is 5.16. The Labute approximate surface area is 153 Å². The molecule has 1 unspecified atom stereocenters. The fraction of sp³-hybridized carbons (Fsp3) is 0.556. The van der Waals surface area contributed by atoms with Gasteiger partial charge in [0.25, 0.3) is 5.91 Å². The van der Waals surface area contributed by atoms with Crippen LogP contribution in [-0.2, 0) is 14.8 Å². The smallest absolute Gasteiger partial charge is 0.326 e. The summed E-state index contributed by atoms with van der Waals surface area (Å²) in [6.07, 6.45) is 2.98. The molecular formula is C18H24N2O5S. The summed E-state index contributed by atoms with van der Waals surface area (Å²) in [5.41, 5.74) is 0.309. The van der Waals surface area contributed by atoms with Crippen LogP contribution in [0.5, 0.6) is 0 Å². The van der Waals surface area contributed by atoms with E-state index in [1.165, 1.54) is 33.5 Å². The fourth-order valence-electron chi connectivity index (χ4n) is 3.72. The first-order valence-electron chi connectivity index (χ1n) is 8.94. The van der Waals surface area contributed by atoms with Gasteiger partial charge in [-0.2, -0.15) is 4.31 Å². The molecule has 2 heterocycles. The molecule has 0 aliphatic carbocycles. The van der Waals surface area contributed by atoms with Crippen molar-refractivity contribution in [1.82, 2.24) is 9.21 Å². The molecule has 0 spiro atoms. The minimum atomic E-state index is -3.57. The maximum absolute atomic E-state index is 12.8. The first kappa shape index (κ1) is 18.8. The number of aliphatic carboxylic acids is 1. The molecule has 0 bridgehead atoms. The molecule has 7 nitrogen and oxygen atoms in total. The van der Waals surface area contributed by atoms with E-state index in [4.69, 9.17) is 0 Å². The zero-order valence-electron chi connectivity index (χ0n) is 14.8. The molecular weight excluding hydrogens is 356 g/mol. The summed E-state index contributed by atoms with van der Waals surface area (Å²) in [7, 11) is -3.57. The molecule has 1 aromatic rings. The Kier molecular flexibility index (Phi) is 5.34. The summed E-state index contributed by atoms with van der Waals surface area (Å²) in [4.78, 5) is 25.3. The van der Waals surface area contributed by atoms with Crippen LogP contribution in [-0.4, -0.2) is 60.3 Å². The maximum atomic E-state index is 12.8. The number of hydrogen-bond acceptors (Lipinski definition) is 4. The molecule has 0 saturated carbocycles. The van der Waals surface area contributed by atoms with Gasteiger partial charge in [0, 0.05) is 25.2 Å². The third kappa shape index (κ3) is 3.61. The van der Waals surface area contributed by atoms with E-state index >= 15 is 0 Å². The molecule has 1 amide bonds. The van der Waals surface area contributed by atoms with Gasteiger partial charge in [0.1, 0.15) is 6.04 Å². The summed E-state index contributed by atoms with van der Waals surface area (Å²) < 4.78 is 27.0. The summed E-state index contributed by atoms with van der Waals surface area (Å²) in [6, 6.07) is 5.02. The molecule has 142 valence electrons. The van der Waals surface area contributed by atoms with Crippen molar-refractivity contribution in [2.24, 2.45) is 5.92 Å². The van der Waals surface area contributed by atoms with Crippen molar-refractivity contribution in [3.05, 3.63) is 29.8 Å². The molecule has 8 heteroatoms. The first-order chi connectivity index (χ1) is 12.3. The van der Waals surface area contributed by atoms with Crippen molar-refractivity contribution in [1.29, 1.82) is 0 Å². The number of carboxylic acids is 1. The van der Waals surface area contributed by atoms with Gasteiger partial charge >= 0.3 is 5.97 Å². The number of benzene rings is 1. The van der Waals surface area contributed by atoms with E-state index in [2.05, 4.69) is 0 Å². The molecule has 2 fully saturated rings. The predicted octanol–water partition coefficient (Wildman–Crippen LogP) is 1.80. The first-order valence-corrected chi connectivity index (χ1v) is 10.4. The van der Waals surface area contributed by atoms with E-state index in [1.807, 2.05) is 6.92 Å². The molecule has 2 saturated heterocycles. The number of carbonyl (C=O) groups excluding carboxylic acids is 1. The molecule has 1 aromatic carbocycles. The standard InChI is InChI=1S/C18H24N2O5S/c1-13-4-2-10-19(12-13)26(24,25)15-8-6-14(7-9-15)17(21)20-11-3-5-16(20)18(22)23/h6-9,13,16H,2-5,10-12H2,1H3,(H,22,23)/t13?,16-/m1/s1. The van der Waals surface area contributed by atoms with E-state index in [1.54, 1.807) is 0 Å². The van der Waals surface area contributed by atoms with Gasteiger partial charge in [0.05, 0.1) is 4.90 Å². The van der Waals surface area contributed by atoms with E-state index in [9.17, 15) is 23.1 Å². The van der Waals surface area contributed by atoms with Gasteiger partial charge in [-0.3, -0.25) is 4.79 Å². The number of sulfonamides is 1. The highest BCUT2D eigenvalue weighted by Crippen LogP contribution is 2.25. The molecule has 26 heavy (non-hydrogen) atoms. The fourth-order valence-corrected chi connectivity index (χ4v) is 5.31. The molecule has 2 atom stereocenters. The number of piperidine rings is 1. The highest BCUT2D eigenvalue weighted by molar-refractivity contribution is 7.89. The second-order valence-electron chi connectivity index (χ2n) is 7.13. The number of rotatable bonds is 4.